The molecule has 0 saturated carbocycles. The van der Waals surface area contributed by atoms with E-state index in [0.29, 0.717) is 25.3 Å². The molecule has 0 fully saturated rings. The predicted octanol–water partition coefficient (Wildman–Crippen LogP) is 1.76. The molecule has 5 heteroatoms. The fourth-order valence-corrected chi connectivity index (χ4v) is 1.55. The molecule has 0 aliphatic heterocycles. The van der Waals surface area contributed by atoms with Crippen LogP contribution in [0.4, 0.5) is 0 Å². The van der Waals surface area contributed by atoms with Gasteiger partial charge >= 0.3 is 5.97 Å². The average Bonchev–Trinajstić information content (AvgIpc) is 2.24. The molecule has 0 heterocycles. The molecular weight excluding hydrogens is 244 g/mol. The van der Waals surface area contributed by atoms with Gasteiger partial charge < -0.3 is 16.2 Å². The molecule has 0 bridgehead atoms. The van der Waals surface area contributed by atoms with E-state index in [1.54, 1.807) is 0 Å². The van der Waals surface area contributed by atoms with Gasteiger partial charge in [0.25, 0.3) is 0 Å². The molecule has 0 saturated heterocycles. The Morgan fingerprint density at radius 3 is 2.32 bits per heavy atom. The lowest BCUT2D eigenvalue weighted by atomic mass is 9.85. The van der Waals surface area contributed by atoms with Gasteiger partial charge in [-0.3, -0.25) is 9.59 Å². The highest BCUT2D eigenvalue weighted by Gasteiger charge is 2.22. The third-order valence-corrected chi connectivity index (χ3v) is 3.33. The molecule has 0 aliphatic rings. The van der Waals surface area contributed by atoms with Crippen LogP contribution in [0, 0.1) is 11.3 Å². The van der Waals surface area contributed by atoms with Crippen LogP contribution in [0.3, 0.4) is 0 Å². The van der Waals surface area contributed by atoms with Crippen LogP contribution in [-0.4, -0.2) is 29.6 Å². The highest BCUT2D eigenvalue weighted by atomic mass is 16.4. The standard InChI is InChI=1S/C14H28N2O3/c1-10(5-6-13(18)19)7-8-16-12(17)9-11(15)14(2,3)4/h10-11H,5-9,15H2,1-4H3,(H,16,17)(H,18,19). The van der Waals surface area contributed by atoms with Crippen LogP contribution in [0.1, 0.15) is 53.4 Å². The predicted molar refractivity (Wildman–Crippen MR) is 75.7 cm³/mol. The summed E-state index contributed by atoms with van der Waals surface area (Å²) in [5, 5.41) is 11.4. The second kappa shape index (κ2) is 8.15. The number of hydrogen-bond donors (Lipinski definition) is 3. The first-order valence-corrected chi connectivity index (χ1v) is 6.87. The van der Waals surface area contributed by atoms with Gasteiger partial charge in [-0.1, -0.05) is 27.7 Å². The number of carboxylic acid groups (broad SMARTS) is 1. The molecule has 5 nitrogen and oxygen atoms in total. The number of hydrogen-bond acceptors (Lipinski definition) is 3. The molecule has 0 aromatic heterocycles. The van der Waals surface area contributed by atoms with Crippen molar-refractivity contribution in [3.8, 4) is 0 Å². The number of carbonyl (C=O) groups is 2. The van der Waals surface area contributed by atoms with Gasteiger partial charge in [0.05, 0.1) is 0 Å². The van der Waals surface area contributed by atoms with Gasteiger partial charge in [-0.05, 0) is 24.2 Å². The minimum Gasteiger partial charge on any atom is -0.481 e. The summed E-state index contributed by atoms with van der Waals surface area (Å²) in [6.07, 6.45) is 1.95. The molecule has 1 amide bonds. The van der Waals surface area contributed by atoms with Gasteiger partial charge in [-0.2, -0.15) is 0 Å². The van der Waals surface area contributed by atoms with E-state index < -0.39 is 5.97 Å². The Kier molecular flexibility index (Phi) is 7.68. The minimum atomic E-state index is -0.771. The molecular formula is C14H28N2O3. The second-order valence-electron chi connectivity index (χ2n) is 6.35. The number of carboxylic acids is 1. The molecule has 2 unspecified atom stereocenters. The third-order valence-electron chi connectivity index (χ3n) is 3.33. The van der Waals surface area contributed by atoms with E-state index in [0.717, 1.165) is 6.42 Å². The van der Waals surface area contributed by atoms with Gasteiger partial charge in [-0.15, -0.1) is 0 Å². The summed E-state index contributed by atoms with van der Waals surface area (Å²) < 4.78 is 0. The SMILES string of the molecule is CC(CCNC(=O)CC(N)C(C)(C)C)CCC(=O)O. The first-order valence-electron chi connectivity index (χ1n) is 6.87. The minimum absolute atomic E-state index is 0.0344. The van der Waals surface area contributed by atoms with Crippen molar-refractivity contribution in [2.75, 3.05) is 6.54 Å². The summed E-state index contributed by atoms with van der Waals surface area (Å²) >= 11 is 0. The first kappa shape index (κ1) is 17.9. The van der Waals surface area contributed by atoms with E-state index >= 15 is 0 Å². The molecule has 4 N–H and O–H groups in total. The van der Waals surface area contributed by atoms with E-state index in [9.17, 15) is 9.59 Å². The fourth-order valence-electron chi connectivity index (χ4n) is 1.55. The second-order valence-corrected chi connectivity index (χ2v) is 6.35. The van der Waals surface area contributed by atoms with Gasteiger partial charge in [-0.25, -0.2) is 0 Å². The average molecular weight is 272 g/mol. The lowest BCUT2D eigenvalue weighted by Gasteiger charge is -2.26. The quantitative estimate of drug-likeness (QED) is 0.627. The van der Waals surface area contributed by atoms with Crippen molar-refractivity contribution < 1.29 is 14.7 Å². The zero-order chi connectivity index (χ0) is 15.1. The summed E-state index contributed by atoms with van der Waals surface area (Å²) in [6, 6.07) is -0.156. The summed E-state index contributed by atoms with van der Waals surface area (Å²) in [5.41, 5.74) is 5.86. The Balaban J connectivity index is 3.77. The van der Waals surface area contributed by atoms with Crippen LogP contribution in [0.15, 0.2) is 0 Å². The Bertz CT molecular complexity index is 298. The number of carbonyl (C=O) groups excluding carboxylic acids is 1. The summed E-state index contributed by atoms with van der Waals surface area (Å²) in [7, 11) is 0. The summed E-state index contributed by atoms with van der Waals surface area (Å²) in [5.74, 6) is -0.507. The molecule has 112 valence electrons. The lowest BCUT2D eigenvalue weighted by molar-refractivity contribution is -0.137. The van der Waals surface area contributed by atoms with Crippen LogP contribution in [0.5, 0.6) is 0 Å². The zero-order valence-electron chi connectivity index (χ0n) is 12.5. The van der Waals surface area contributed by atoms with E-state index in [4.69, 9.17) is 10.8 Å². The Labute approximate surface area is 115 Å². The maximum Gasteiger partial charge on any atom is 0.303 e. The molecule has 19 heavy (non-hydrogen) atoms. The van der Waals surface area contributed by atoms with Gasteiger partial charge in [0.2, 0.25) is 5.91 Å². The van der Waals surface area contributed by atoms with Crippen molar-refractivity contribution in [2.24, 2.45) is 17.1 Å². The Morgan fingerprint density at radius 1 is 1.26 bits per heavy atom. The third kappa shape index (κ3) is 9.47. The number of rotatable bonds is 8. The van der Waals surface area contributed by atoms with E-state index in [1.165, 1.54) is 0 Å². The smallest absolute Gasteiger partial charge is 0.303 e. The molecule has 2 atom stereocenters. The number of amides is 1. The molecule has 0 radical (unpaired) electrons. The summed E-state index contributed by atoms with van der Waals surface area (Å²) in [6.45, 7) is 8.61. The number of aliphatic carboxylic acids is 1. The van der Waals surface area contributed by atoms with Crippen LogP contribution in [0.2, 0.25) is 0 Å². The molecule has 0 rings (SSSR count). The highest BCUT2D eigenvalue weighted by molar-refractivity contribution is 5.76. The maximum absolute atomic E-state index is 11.7. The van der Waals surface area contributed by atoms with Crippen molar-refractivity contribution in [3.63, 3.8) is 0 Å². The van der Waals surface area contributed by atoms with Crippen LogP contribution in [0.25, 0.3) is 0 Å². The number of nitrogens with two attached hydrogens (primary N) is 1. The molecule has 0 spiro atoms. The summed E-state index contributed by atoms with van der Waals surface area (Å²) in [4.78, 5) is 22.1. The molecule has 0 aromatic rings. The Morgan fingerprint density at radius 2 is 1.84 bits per heavy atom. The largest absolute Gasteiger partial charge is 0.481 e. The monoisotopic (exact) mass is 272 g/mol. The van der Waals surface area contributed by atoms with E-state index in [2.05, 4.69) is 5.32 Å². The Hall–Kier alpha value is -1.10. The molecule has 0 aromatic carbocycles. The van der Waals surface area contributed by atoms with Crippen molar-refractivity contribution in [3.05, 3.63) is 0 Å². The number of nitrogens with one attached hydrogen (secondary N) is 1. The van der Waals surface area contributed by atoms with Crippen molar-refractivity contribution in [1.82, 2.24) is 5.32 Å². The normalized spacial score (nSPS) is 14.8. The van der Waals surface area contributed by atoms with E-state index in [-0.39, 0.29) is 23.8 Å². The maximum atomic E-state index is 11.7. The van der Waals surface area contributed by atoms with Crippen molar-refractivity contribution in [1.29, 1.82) is 0 Å². The lowest BCUT2D eigenvalue weighted by Crippen LogP contribution is -2.40. The molecule has 0 aliphatic carbocycles. The fraction of sp³-hybridized carbons (Fsp3) is 0.857. The van der Waals surface area contributed by atoms with Gasteiger partial charge in [0.1, 0.15) is 0 Å². The van der Waals surface area contributed by atoms with Gasteiger partial charge in [0.15, 0.2) is 0 Å². The van der Waals surface area contributed by atoms with Crippen molar-refractivity contribution >= 4 is 11.9 Å². The van der Waals surface area contributed by atoms with Crippen LogP contribution >= 0.6 is 0 Å². The van der Waals surface area contributed by atoms with Gasteiger partial charge in [0, 0.05) is 25.4 Å². The highest BCUT2D eigenvalue weighted by Crippen LogP contribution is 2.19. The zero-order valence-corrected chi connectivity index (χ0v) is 12.5. The van der Waals surface area contributed by atoms with Crippen molar-refractivity contribution in [2.45, 2.75) is 59.4 Å². The topological polar surface area (TPSA) is 92.4 Å². The first-order chi connectivity index (χ1) is 8.62. The van der Waals surface area contributed by atoms with Crippen LogP contribution < -0.4 is 11.1 Å². The van der Waals surface area contributed by atoms with Crippen LogP contribution in [-0.2, 0) is 9.59 Å². The van der Waals surface area contributed by atoms with E-state index in [1.807, 2.05) is 27.7 Å².